The molecule has 0 spiro atoms. The van der Waals surface area contributed by atoms with E-state index in [2.05, 4.69) is 37.9 Å². The summed E-state index contributed by atoms with van der Waals surface area (Å²) in [6.45, 7) is 15.1. The van der Waals surface area contributed by atoms with Crippen molar-refractivity contribution in [1.82, 2.24) is 10.2 Å². The molecule has 4 heteroatoms. The number of carbonyl (C=O) groups is 1. The topological polar surface area (TPSA) is 41.6 Å². The maximum atomic E-state index is 11.5. The van der Waals surface area contributed by atoms with Crippen LogP contribution in [0.25, 0.3) is 0 Å². The van der Waals surface area contributed by atoms with Crippen molar-refractivity contribution in [3.63, 3.8) is 0 Å². The number of hydrogen-bond acceptors (Lipinski definition) is 4. The van der Waals surface area contributed by atoms with Gasteiger partial charge in [-0.05, 0) is 41.5 Å². The van der Waals surface area contributed by atoms with Crippen molar-refractivity contribution in [2.75, 3.05) is 26.7 Å². The lowest BCUT2D eigenvalue weighted by atomic mass is 9.94. The average Bonchev–Trinajstić information content (AvgIpc) is 2.26. The molecule has 0 fully saturated rings. The van der Waals surface area contributed by atoms with Crippen LogP contribution in [0.3, 0.4) is 0 Å². The highest BCUT2D eigenvalue weighted by Gasteiger charge is 2.28. The van der Waals surface area contributed by atoms with Crippen LogP contribution in [0.15, 0.2) is 0 Å². The van der Waals surface area contributed by atoms with Gasteiger partial charge in [0.2, 0.25) is 0 Å². The molecule has 0 aliphatic heterocycles. The van der Waals surface area contributed by atoms with Crippen LogP contribution in [0.5, 0.6) is 0 Å². The van der Waals surface area contributed by atoms with Gasteiger partial charge >= 0.3 is 5.97 Å². The summed E-state index contributed by atoms with van der Waals surface area (Å²) >= 11 is 0. The Labute approximate surface area is 112 Å². The van der Waals surface area contributed by atoms with Crippen LogP contribution in [-0.4, -0.2) is 49.7 Å². The molecular formula is C14H30N2O2. The Bertz CT molecular complexity index is 242. The molecule has 108 valence electrons. The molecule has 0 rings (SSSR count). The summed E-state index contributed by atoms with van der Waals surface area (Å²) in [4.78, 5) is 13.9. The summed E-state index contributed by atoms with van der Waals surface area (Å²) in [5, 5.41) is 3.34. The third-order valence-electron chi connectivity index (χ3n) is 3.18. The van der Waals surface area contributed by atoms with Crippen molar-refractivity contribution in [1.29, 1.82) is 0 Å². The molecule has 1 N–H and O–H groups in total. The predicted molar refractivity (Wildman–Crippen MR) is 75.6 cm³/mol. The number of carbonyl (C=O) groups excluding carboxylic acids is 1. The van der Waals surface area contributed by atoms with Crippen molar-refractivity contribution in [3.05, 3.63) is 0 Å². The average molecular weight is 258 g/mol. The van der Waals surface area contributed by atoms with Crippen molar-refractivity contribution in [2.45, 2.75) is 53.6 Å². The highest BCUT2D eigenvalue weighted by atomic mass is 16.5. The molecule has 0 bridgehead atoms. The van der Waals surface area contributed by atoms with Gasteiger partial charge in [-0.15, -0.1) is 0 Å². The lowest BCUT2D eigenvalue weighted by Crippen LogP contribution is -2.44. The zero-order chi connectivity index (χ0) is 14.3. The molecule has 4 nitrogen and oxygen atoms in total. The Morgan fingerprint density at radius 2 is 1.72 bits per heavy atom. The second kappa shape index (κ2) is 7.74. The van der Waals surface area contributed by atoms with E-state index in [-0.39, 0.29) is 5.97 Å². The van der Waals surface area contributed by atoms with Crippen LogP contribution >= 0.6 is 0 Å². The van der Waals surface area contributed by atoms with E-state index in [1.807, 2.05) is 13.8 Å². The number of methoxy groups -OCH3 is 1. The van der Waals surface area contributed by atoms with Crippen LogP contribution in [0, 0.1) is 5.41 Å². The summed E-state index contributed by atoms with van der Waals surface area (Å²) in [6.07, 6.45) is 0. The predicted octanol–water partition coefficient (Wildman–Crippen LogP) is 1.89. The smallest absolute Gasteiger partial charge is 0.312 e. The van der Waals surface area contributed by atoms with Gasteiger partial charge in [-0.2, -0.15) is 0 Å². The number of hydrogen-bond donors (Lipinski definition) is 1. The summed E-state index contributed by atoms with van der Waals surface area (Å²) in [7, 11) is 1.43. The lowest BCUT2D eigenvalue weighted by molar-refractivity contribution is -0.150. The maximum absolute atomic E-state index is 11.5. The second-order valence-corrected chi connectivity index (χ2v) is 5.98. The van der Waals surface area contributed by atoms with Crippen LogP contribution in [0.2, 0.25) is 0 Å². The zero-order valence-corrected chi connectivity index (χ0v) is 13.0. The van der Waals surface area contributed by atoms with Crippen LogP contribution in [0.1, 0.15) is 41.5 Å². The van der Waals surface area contributed by atoms with E-state index in [9.17, 15) is 4.79 Å². The first kappa shape index (κ1) is 17.4. The van der Waals surface area contributed by atoms with Gasteiger partial charge in [0.15, 0.2) is 0 Å². The fourth-order valence-electron chi connectivity index (χ4n) is 2.07. The Morgan fingerprint density at radius 1 is 1.22 bits per heavy atom. The molecule has 0 aromatic heterocycles. The summed E-state index contributed by atoms with van der Waals surface area (Å²) < 4.78 is 4.78. The molecule has 18 heavy (non-hydrogen) atoms. The summed E-state index contributed by atoms with van der Waals surface area (Å²) in [6, 6.07) is 1.08. The van der Waals surface area contributed by atoms with Crippen LogP contribution < -0.4 is 5.32 Å². The van der Waals surface area contributed by atoms with E-state index in [0.717, 1.165) is 13.1 Å². The van der Waals surface area contributed by atoms with E-state index in [1.165, 1.54) is 7.11 Å². The fourth-order valence-corrected chi connectivity index (χ4v) is 2.07. The highest BCUT2D eigenvalue weighted by molar-refractivity contribution is 5.76. The van der Waals surface area contributed by atoms with Gasteiger partial charge < -0.3 is 10.1 Å². The molecule has 0 aromatic rings. The number of esters is 1. The third-order valence-corrected chi connectivity index (χ3v) is 3.18. The molecule has 0 radical (unpaired) electrons. The normalized spacial score (nSPS) is 12.6. The molecule has 0 aliphatic carbocycles. The monoisotopic (exact) mass is 258 g/mol. The summed E-state index contributed by atoms with van der Waals surface area (Å²) in [5.41, 5.74) is -0.463. The fraction of sp³-hybridized carbons (Fsp3) is 0.929. The van der Waals surface area contributed by atoms with Gasteiger partial charge in [0, 0.05) is 31.7 Å². The van der Waals surface area contributed by atoms with Gasteiger partial charge in [0.05, 0.1) is 12.5 Å². The first-order chi connectivity index (χ1) is 8.22. The SMILES string of the molecule is COC(=O)C(C)(C)CNCCN(C(C)C)C(C)C. The number of nitrogens with one attached hydrogen (secondary N) is 1. The molecule has 0 amide bonds. The minimum Gasteiger partial charge on any atom is -0.469 e. The van der Waals surface area contributed by atoms with Crippen LogP contribution in [-0.2, 0) is 9.53 Å². The van der Waals surface area contributed by atoms with E-state index >= 15 is 0 Å². The van der Waals surface area contributed by atoms with E-state index < -0.39 is 5.41 Å². The Hall–Kier alpha value is -0.610. The molecule has 0 aromatic carbocycles. The van der Waals surface area contributed by atoms with Gasteiger partial charge in [0.1, 0.15) is 0 Å². The zero-order valence-electron chi connectivity index (χ0n) is 13.0. The Kier molecular flexibility index (Phi) is 7.48. The molecule has 0 atom stereocenters. The van der Waals surface area contributed by atoms with Crippen molar-refractivity contribution >= 4 is 5.97 Å². The molecule has 0 heterocycles. The number of ether oxygens (including phenoxy) is 1. The summed E-state index contributed by atoms with van der Waals surface area (Å²) in [5.74, 6) is -0.167. The van der Waals surface area contributed by atoms with E-state index in [4.69, 9.17) is 4.74 Å². The molecular weight excluding hydrogens is 228 g/mol. The lowest BCUT2D eigenvalue weighted by Gasteiger charge is -2.31. The van der Waals surface area contributed by atoms with Crippen LogP contribution in [0.4, 0.5) is 0 Å². The minimum absolute atomic E-state index is 0.167. The minimum atomic E-state index is -0.463. The van der Waals surface area contributed by atoms with E-state index in [0.29, 0.717) is 18.6 Å². The van der Waals surface area contributed by atoms with Gasteiger partial charge in [-0.25, -0.2) is 0 Å². The largest absolute Gasteiger partial charge is 0.469 e. The quantitative estimate of drug-likeness (QED) is 0.533. The molecule has 0 saturated carbocycles. The first-order valence-corrected chi connectivity index (χ1v) is 6.77. The first-order valence-electron chi connectivity index (χ1n) is 6.77. The molecule has 0 aliphatic rings. The van der Waals surface area contributed by atoms with Gasteiger partial charge in [0.25, 0.3) is 0 Å². The van der Waals surface area contributed by atoms with Gasteiger partial charge in [-0.3, -0.25) is 9.69 Å². The number of rotatable bonds is 8. The van der Waals surface area contributed by atoms with Crippen molar-refractivity contribution < 1.29 is 9.53 Å². The Morgan fingerprint density at radius 3 is 2.11 bits per heavy atom. The molecule has 0 unspecified atom stereocenters. The molecule has 0 saturated heterocycles. The standard InChI is InChI=1S/C14H30N2O2/c1-11(2)16(12(3)4)9-8-15-10-14(5,6)13(17)18-7/h11-12,15H,8-10H2,1-7H3. The number of nitrogens with zero attached hydrogens (tertiary/aromatic N) is 1. The van der Waals surface area contributed by atoms with Gasteiger partial charge in [-0.1, -0.05) is 0 Å². The van der Waals surface area contributed by atoms with Crippen molar-refractivity contribution in [2.24, 2.45) is 5.41 Å². The van der Waals surface area contributed by atoms with Crippen molar-refractivity contribution in [3.8, 4) is 0 Å². The van der Waals surface area contributed by atoms with E-state index in [1.54, 1.807) is 0 Å². The Balaban J connectivity index is 4.02. The highest BCUT2D eigenvalue weighted by Crippen LogP contribution is 2.15. The maximum Gasteiger partial charge on any atom is 0.312 e. The third kappa shape index (κ3) is 5.83. The second-order valence-electron chi connectivity index (χ2n) is 5.98.